The first-order valence-corrected chi connectivity index (χ1v) is 10.4. The first kappa shape index (κ1) is 20.9. The lowest BCUT2D eigenvalue weighted by Gasteiger charge is -2.10. The van der Waals surface area contributed by atoms with Crippen LogP contribution in [0, 0.1) is 10.1 Å². The number of carbonyl (C=O) groups excluding carboxylic acids is 1. The predicted molar refractivity (Wildman–Crippen MR) is 116 cm³/mol. The summed E-state index contributed by atoms with van der Waals surface area (Å²) >= 11 is 3.37. The summed E-state index contributed by atoms with van der Waals surface area (Å²) in [6.45, 7) is -0.166. The molecular weight excluding hydrogens is 470 g/mol. The molecule has 0 amide bonds. The number of benzene rings is 1. The second kappa shape index (κ2) is 8.06. The number of nitro groups is 1. The maximum atomic E-state index is 13.3. The van der Waals surface area contributed by atoms with Crippen LogP contribution in [0.3, 0.4) is 0 Å². The number of ketones is 1. The van der Waals surface area contributed by atoms with Gasteiger partial charge in [-0.2, -0.15) is 0 Å². The van der Waals surface area contributed by atoms with Crippen molar-refractivity contribution >= 4 is 38.6 Å². The molecule has 4 rings (SSSR count). The number of hydrogen-bond donors (Lipinski definition) is 0. The molecule has 0 saturated carbocycles. The van der Waals surface area contributed by atoms with Crippen LogP contribution >= 0.6 is 15.9 Å². The number of carbonyl (C=O) groups is 1. The number of halogens is 1. The van der Waals surface area contributed by atoms with E-state index in [4.69, 9.17) is 0 Å². The molecule has 11 heteroatoms. The van der Waals surface area contributed by atoms with Gasteiger partial charge in [0.25, 0.3) is 11.2 Å². The van der Waals surface area contributed by atoms with Crippen molar-refractivity contribution in [3.8, 4) is 0 Å². The van der Waals surface area contributed by atoms with Gasteiger partial charge in [0.15, 0.2) is 21.7 Å². The molecule has 0 radical (unpaired) electrons. The number of Topliss-reactive ketones (excluding diaryl/α,β-unsaturated/α-hetero) is 1. The van der Waals surface area contributed by atoms with Crippen molar-refractivity contribution in [2.75, 3.05) is 0 Å². The molecule has 160 valence electrons. The van der Waals surface area contributed by atoms with Gasteiger partial charge in [-0.25, -0.2) is 9.78 Å². The molecule has 1 aromatic carbocycles. The van der Waals surface area contributed by atoms with Gasteiger partial charge in [-0.3, -0.25) is 28.8 Å². The number of aryl methyl sites for hydroxylation is 1. The smallest absolute Gasteiger partial charge is 0.309 e. The third-order valence-electron chi connectivity index (χ3n) is 5.38. The van der Waals surface area contributed by atoms with E-state index in [-0.39, 0.29) is 22.4 Å². The van der Waals surface area contributed by atoms with Crippen molar-refractivity contribution < 1.29 is 9.72 Å². The number of fused-ring (bicyclic) bond motifs is 1. The third-order valence-corrected chi connectivity index (χ3v) is 5.99. The predicted octanol–water partition coefficient (Wildman–Crippen LogP) is 2.56. The minimum absolute atomic E-state index is 0.160. The van der Waals surface area contributed by atoms with Crippen molar-refractivity contribution in [1.82, 2.24) is 18.7 Å². The average Bonchev–Trinajstić information content (AvgIpc) is 3.38. The molecule has 0 unspecified atom stereocenters. The highest BCUT2D eigenvalue weighted by Gasteiger charge is 2.24. The van der Waals surface area contributed by atoms with E-state index in [2.05, 4.69) is 27.0 Å². The zero-order valence-corrected chi connectivity index (χ0v) is 18.2. The molecule has 2 heterocycles. The molecule has 0 fully saturated rings. The van der Waals surface area contributed by atoms with Crippen LogP contribution < -0.4 is 11.2 Å². The largest absolute Gasteiger partial charge is 0.332 e. The fourth-order valence-corrected chi connectivity index (χ4v) is 4.28. The quantitative estimate of drug-likeness (QED) is 0.173. The van der Waals surface area contributed by atoms with Gasteiger partial charge in [0.05, 0.1) is 17.0 Å². The molecule has 0 saturated heterocycles. The Bertz CT molecular complexity index is 1380. The highest BCUT2D eigenvalue weighted by Crippen LogP contribution is 2.24. The van der Waals surface area contributed by atoms with Gasteiger partial charge < -0.3 is 4.57 Å². The molecule has 31 heavy (non-hydrogen) atoms. The number of para-hydroxylation sites is 1. The van der Waals surface area contributed by atoms with Gasteiger partial charge >= 0.3 is 5.69 Å². The van der Waals surface area contributed by atoms with Crippen molar-refractivity contribution in [2.24, 2.45) is 7.05 Å². The fraction of sp³-hybridized carbons (Fsp3) is 0.300. The third kappa shape index (κ3) is 3.65. The zero-order valence-electron chi connectivity index (χ0n) is 16.6. The van der Waals surface area contributed by atoms with Gasteiger partial charge in [0, 0.05) is 19.7 Å². The number of allylic oxidation sites excluding steroid dienone is 2. The Morgan fingerprint density at radius 3 is 2.68 bits per heavy atom. The number of rotatable bonds is 6. The van der Waals surface area contributed by atoms with Crippen molar-refractivity contribution in [3.05, 3.63) is 77.2 Å². The first-order valence-electron chi connectivity index (χ1n) is 9.59. The Morgan fingerprint density at radius 2 is 2.00 bits per heavy atom. The summed E-state index contributed by atoms with van der Waals surface area (Å²) in [6, 6.07) is 5.45. The Labute approximate surface area is 183 Å². The van der Waals surface area contributed by atoms with E-state index in [9.17, 15) is 24.5 Å². The molecule has 0 atom stereocenters. The topological polar surface area (TPSA) is 122 Å². The number of nitro benzene ring substituents is 1. The van der Waals surface area contributed by atoms with Crippen molar-refractivity contribution in [2.45, 2.75) is 32.4 Å². The monoisotopic (exact) mass is 487 g/mol. The summed E-state index contributed by atoms with van der Waals surface area (Å²) in [5, 5.41) is 11.3. The van der Waals surface area contributed by atoms with Crippen LogP contribution in [0.5, 0.6) is 0 Å². The van der Waals surface area contributed by atoms with Crippen LogP contribution in [-0.4, -0.2) is 29.4 Å². The van der Waals surface area contributed by atoms with E-state index in [1.54, 1.807) is 4.57 Å². The Balaban J connectivity index is 1.84. The fourth-order valence-electron chi connectivity index (χ4n) is 3.81. The molecule has 1 aliphatic carbocycles. The number of hydrogen-bond acceptors (Lipinski definition) is 6. The minimum atomic E-state index is -0.721. The molecule has 1 aliphatic rings. The highest BCUT2D eigenvalue weighted by atomic mass is 79.9. The van der Waals surface area contributed by atoms with E-state index in [1.165, 1.54) is 35.9 Å². The molecule has 0 aliphatic heterocycles. The van der Waals surface area contributed by atoms with Crippen LogP contribution in [-0.2, 0) is 20.1 Å². The summed E-state index contributed by atoms with van der Waals surface area (Å²) in [6.07, 6.45) is 5.07. The molecule has 0 spiro atoms. The molecule has 3 aromatic rings. The minimum Gasteiger partial charge on any atom is -0.309 e. The van der Waals surface area contributed by atoms with Crippen molar-refractivity contribution in [1.29, 1.82) is 0 Å². The summed E-state index contributed by atoms with van der Waals surface area (Å²) in [5.74, 6) is -0.700. The summed E-state index contributed by atoms with van der Waals surface area (Å²) < 4.78 is 4.09. The van der Waals surface area contributed by atoms with E-state index >= 15 is 0 Å². The molecule has 0 bridgehead atoms. The zero-order chi connectivity index (χ0) is 22.3. The van der Waals surface area contributed by atoms with E-state index < -0.39 is 28.5 Å². The highest BCUT2D eigenvalue weighted by molar-refractivity contribution is 9.10. The second-order valence-electron chi connectivity index (χ2n) is 7.32. The van der Waals surface area contributed by atoms with Crippen LogP contribution in [0.1, 0.15) is 29.6 Å². The van der Waals surface area contributed by atoms with Gasteiger partial charge in [-0.15, -0.1) is 0 Å². The lowest BCUT2D eigenvalue weighted by Crippen LogP contribution is -2.41. The Morgan fingerprint density at radius 1 is 1.26 bits per heavy atom. The van der Waals surface area contributed by atoms with Crippen LogP contribution in [0.4, 0.5) is 5.69 Å². The van der Waals surface area contributed by atoms with E-state index in [0.29, 0.717) is 11.3 Å². The van der Waals surface area contributed by atoms with Crippen LogP contribution in [0.15, 0.2) is 50.2 Å². The maximum absolute atomic E-state index is 13.3. The number of aromatic nitrogens is 4. The van der Waals surface area contributed by atoms with Crippen LogP contribution in [0.2, 0.25) is 0 Å². The summed E-state index contributed by atoms with van der Waals surface area (Å²) in [5.41, 5.74) is -0.363. The van der Waals surface area contributed by atoms with Gasteiger partial charge in [-0.05, 0) is 41.3 Å². The first-order chi connectivity index (χ1) is 14.8. The molecule has 0 N–H and O–H groups in total. The number of imidazole rings is 1. The normalized spacial score (nSPS) is 13.5. The molecule has 2 aromatic heterocycles. The summed E-state index contributed by atoms with van der Waals surface area (Å²) in [4.78, 5) is 53.8. The summed E-state index contributed by atoms with van der Waals surface area (Å²) in [7, 11) is 1.47. The Hall–Kier alpha value is -3.34. The van der Waals surface area contributed by atoms with E-state index in [0.717, 1.165) is 29.4 Å². The molecule has 10 nitrogen and oxygen atoms in total. The van der Waals surface area contributed by atoms with Gasteiger partial charge in [0.2, 0.25) is 0 Å². The van der Waals surface area contributed by atoms with Gasteiger partial charge in [-0.1, -0.05) is 23.8 Å². The Kier molecular flexibility index (Phi) is 5.44. The maximum Gasteiger partial charge on any atom is 0.332 e. The van der Waals surface area contributed by atoms with Crippen molar-refractivity contribution in [3.63, 3.8) is 0 Å². The standard InChI is InChI=1S/C20H18BrN5O5/c1-23-17-16(24(19(21)22-17)10-12-6-2-3-7-12)18(28)25(20(23)29)11-15(27)13-8-4-5-9-14(13)26(30)31/h4-6,8-9H,2-3,7,10-11H2,1H3. The van der Waals surface area contributed by atoms with Gasteiger partial charge in [0.1, 0.15) is 0 Å². The number of nitrogens with zero attached hydrogens (tertiary/aromatic N) is 5. The van der Waals surface area contributed by atoms with Crippen LogP contribution in [0.25, 0.3) is 11.2 Å². The van der Waals surface area contributed by atoms with E-state index in [1.807, 2.05) is 0 Å². The lowest BCUT2D eigenvalue weighted by molar-refractivity contribution is -0.385. The second-order valence-corrected chi connectivity index (χ2v) is 8.03. The molecular formula is C20H18BrN5O5. The SMILES string of the molecule is Cn1c(=O)n(CC(=O)c2ccccc2[N+](=O)[O-])c(=O)c2c1nc(Br)n2CC1=CCCC1. The lowest BCUT2D eigenvalue weighted by atomic mass is 10.1. The average molecular weight is 488 g/mol.